The van der Waals surface area contributed by atoms with E-state index in [1.165, 1.54) is 6.26 Å². The van der Waals surface area contributed by atoms with E-state index in [2.05, 4.69) is 4.74 Å². The summed E-state index contributed by atoms with van der Waals surface area (Å²) in [6, 6.07) is 0. The Bertz CT molecular complexity index is 106. The van der Waals surface area contributed by atoms with E-state index >= 15 is 0 Å². The molecule has 0 spiro atoms. The SMILES string of the molecule is CC.CC.O=C1CCC=CO1. The monoisotopic (exact) mass is 158 g/mol. The van der Waals surface area contributed by atoms with E-state index in [1.807, 2.05) is 33.8 Å². The van der Waals surface area contributed by atoms with E-state index in [0.717, 1.165) is 6.42 Å². The van der Waals surface area contributed by atoms with Gasteiger partial charge in [-0.1, -0.05) is 27.7 Å². The molecule has 0 atom stereocenters. The van der Waals surface area contributed by atoms with Crippen molar-refractivity contribution in [1.29, 1.82) is 0 Å². The molecule has 0 amide bonds. The number of allylic oxidation sites excluding steroid dienone is 1. The van der Waals surface area contributed by atoms with Crippen LogP contribution in [0.15, 0.2) is 12.3 Å². The molecule has 11 heavy (non-hydrogen) atoms. The van der Waals surface area contributed by atoms with Gasteiger partial charge in [0.05, 0.1) is 6.26 Å². The molecule has 66 valence electrons. The van der Waals surface area contributed by atoms with Gasteiger partial charge in [0.25, 0.3) is 0 Å². The Balaban J connectivity index is 0. The fourth-order valence-corrected chi connectivity index (χ4v) is 0.452. The van der Waals surface area contributed by atoms with Crippen molar-refractivity contribution in [3.63, 3.8) is 0 Å². The van der Waals surface area contributed by atoms with E-state index in [1.54, 1.807) is 0 Å². The molecule has 1 rings (SSSR count). The van der Waals surface area contributed by atoms with Crippen LogP contribution in [0.25, 0.3) is 0 Å². The van der Waals surface area contributed by atoms with Gasteiger partial charge in [0, 0.05) is 6.42 Å². The molecule has 0 aliphatic carbocycles. The third kappa shape index (κ3) is 9.21. The van der Waals surface area contributed by atoms with Crippen molar-refractivity contribution in [1.82, 2.24) is 0 Å². The molecule has 0 N–H and O–H groups in total. The Morgan fingerprint density at radius 1 is 1.27 bits per heavy atom. The van der Waals surface area contributed by atoms with Crippen LogP contribution >= 0.6 is 0 Å². The van der Waals surface area contributed by atoms with Crippen molar-refractivity contribution in [2.75, 3.05) is 0 Å². The number of hydrogen-bond donors (Lipinski definition) is 0. The summed E-state index contributed by atoms with van der Waals surface area (Å²) in [5.74, 6) is -0.123. The predicted molar refractivity (Wildman–Crippen MR) is 47.2 cm³/mol. The first kappa shape index (κ1) is 12.8. The molecule has 1 aliphatic rings. The Morgan fingerprint density at radius 2 is 1.82 bits per heavy atom. The molecule has 0 aromatic carbocycles. The summed E-state index contributed by atoms with van der Waals surface area (Å²) in [7, 11) is 0. The minimum Gasteiger partial charge on any atom is -0.435 e. The molecule has 1 aliphatic heterocycles. The van der Waals surface area contributed by atoms with Crippen LogP contribution in [-0.4, -0.2) is 5.97 Å². The van der Waals surface area contributed by atoms with E-state index in [-0.39, 0.29) is 5.97 Å². The average molecular weight is 158 g/mol. The number of carbonyl (C=O) groups excluding carboxylic acids is 1. The van der Waals surface area contributed by atoms with Crippen molar-refractivity contribution in [3.05, 3.63) is 12.3 Å². The van der Waals surface area contributed by atoms with Crippen LogP contribution in [0.3, 0.4) is 0 Å². The Kier molecular flexibility index (Phi) is 13.9. The van der Waals surface area contributed by atoms with Crippen molar-refractivity contribution in [3.8, 4) is 0 Å². The standard InChI is InChI=1S/C5H6O2.2C2H6/c6-5-3-1-2-4-7-5;2*1-2/h2,4H,1,3H2;2*1-2H3. The lowest BCUT2D eigenvalue weighted by Crippen LogP contribution is -2.01. The number of ether oxygens (including phenoxy) is 1. The smallest absolute Gasteiger partial charge is 0.310 e. The minimum atomic E-state index is -0.123. The number of esters is 1. The highest BCUT2D eigenvalue weighted by molar-refractivity contribution is 5.70. The maximum absolute atomic E-state index is 10.2. The largest absolute Gasteiger partial charge is 0.435 e. The Hall–Kier alpha value is -0.790. The zero-order valence-electron chi connectivity index (χ0n) is 7.89. The summed E-state index contributed by atoms with van der Waals surface area (Å²) < 4.78 is 4.46. The first-order valence-electron chi connectivity index (χ1n) is 4.24. The summed E-state index contributed by atoms with van der Waals surface area (Å²) in [5, 5.41) is 0. The second kappa shape index (κ2) is 11.9. The summed E-state index contributed by atoms with van der Waals surface area (Å²) in [5.41, 5.74) is 0. The van der Waals surface area contributed by atoms with Gasteiger partial charge in [0.2, 0.25) is 0 Å². The maximum Gasteiger partial charge on any atom is 0.310 e. The number of hydrogen-bond acceptors (Lipinski definition) is 2. The molecule has 0 aromatic heterocycles. The minimum absolute atomic E-state index is 0.123. The van der Waals surface area contributed by atoms with Crippen molar-refractivity contribution >= 4 is 5.97 Å². The molecule has 0 saturated heterocycles. The van der Waals surface area contributed by atoms with Gasteiger partial charge in [-0.05, 0) is 12.5 Å². The molecule has 0 fully saturated rings. The quantitative estimate of drug-likeness (QED) is 0.507. The van der Waals surface area contributed by atoms with Gasteiger partial charge in [0.15, 0.2) is 0 Å². The van der Waals surface area contributed by atoms with Crippen molar-refractivity contribution in [2.45, 2.75) is 40.5 Å². The lowest BCUT2D eigenvalue weighted by Gasteiger charge is -1.99. The van der Waals surface area contributed by atoms with E-state index in [0.29, 0.717) is 6.42 Å². The van der Waals surface area contributed by atoms with Crippen LogP contribution in [0.1, 0.15) is 40.5 Å². The second-order valence-corrected chi connectivity index (χ2v) is 1.40. The molecule has 0 bridgehead atoms. The van der Waals surface area contributed by atoms with Gasteiger partial charge in [-0.15, -0.1) is 0 Å². The molecule has 1 heterocycles. The molecule has 0 aromatic rings. The zero-order valence-corrected chi connectivity index (χ0v) is 7.89. The molecular formula is C9H18O2. The van der Waals surface area contributed by atoms with Crippen molar-refractivity contribution < 1.29 is 9.53 Å². The molecular weight excluding hydrogens is 140 g/mol. The maximum atomic E-state index is 10.2. The summed E-state index contributed by atoms with van der Waals surface area (Å²) in [6.07, 6.45) is 4.64. The molecule has 0 unspecified atom stereocenters. The highest BCUT2D eigenvalue weighted by atomic mass is 16.5. The predicted octanol–water partition coefficient (Wildman–Crippen LogP) is 2.89. The lowest BCUT2D eigenvalue weighted by molar-refractivity contribution is -0.138. The highest BCUT2D eigenvalue weighted by Crippen LogP contribution is 2.00. The van der Waals surface area contributed by atoms with Crippen LogP contribution < -0.4 is 0 Å². The fraction of sp³-hybridized carbons (Fsp3) is 0.667. The second-order valence-electron chi connectivity index (χ2n) is 1.40. The Morgan fingerprint density at radius 3 is 2.00 bits per heavy atom. The third-order valence-corrected chi connectivity index (χ3v) is 0.811. The molecule has 0 radical (unpaired) electrons. The van der Waals surface area contributed by atoms with Gasteiger partial charge in [-0.25, -0.2) is 0 Å². The van der Waals surface area contributed by atoms with Crippen LogP contribution in [0.2, 0.25) is 0 Å². The van der Waals surface area contributed by atoms with Gasteiger partial charge in [-0.2, -0.15) is 0 Å². The number of rotatable bonds is 0. The van der Waals surface area contributed by atoms with Gasteiger partial charge < -0.3 is 4.74 Å². The summed E-state index contributed by atoms with van der Waals surface area (Å²) in [4.78, 5) is 10.2. The summed E-state index contributed by atoms with van der Waals surface area (Å²) in [6.45, 7) is 8.00. The highest BCUT2D eigenvalue weighted by Gasteiger charge is 2.01. The first-order valence-corrected chi connectivity index (χ1v) is 4.24. The van der Waals surface area contributed by atoms with Gasteiger partial charge in [-0.3, -0.25) is 4.79 Å². The van der Waals surface area contributed by atoms with Crippen LogP contribution in [0.4, 0.5) is 0 Å². The van der Waals surface area contributed by atoms with Gasteiger partial charge >= 0.3 is 5.97 Å². The van der Waals surface area contributed by atoms with Crippen LogP contribution in [-0.2, 0) is 9.53 Å². The van der Waals surface area contributed by atoms with Crippen LogP contribution in [0.5, 0.6) is 0 Å². The van der Waals surface area contributed by atoms with E-state index in [4.69, 9.17) is 0 Å². The normalized spacial score (nSPS) is 13.3. The molecule has 2 nitrogen and oxygen atoms in total. The third-order valence-electron chi connectivity index (χ3n) is 0.811. The first-order chi connectivity index (χ1) is 5.39. The van der Waals surface area contributed by atoms with E-state index < -0.39 is 0 Å². The van der Waals surface area contributed by atoms with Gasteiger partial charge in [0.1, 0.15) is 0 Å². The number of carbonyl (C=O) groups is 1. The van der Waals surface area contributed by atoms with Crippen LogP contribution in [0, 0.1) is 0 Å². The molecule has 2 heteroatoms. The lowest BCUT2D eigenvalue weighted by atomic mass is 10.3. The Labute approximate surface area is 69.3 Å². The van der Waals surface area contributed by atoms with E-state index in [9.17, 15) is 4.79 Å². The number of cyclic esters (lactones) is 1. The van der Waals surface area contributed by atoms with Crippen molar-refractivity contribution in [2.24, 2.45) is 0 Å². The zero-order chi connectivity index (χ0) is 9.11. The topological polar surface area (TPSA) is 26.3 Å². The summed E-state index contributed by atoms with van der Waals surface area (Å²) >= 11 is 0. The fourth-order valence-electron chi connectivity index (χ4n) is 0.452. The molecule has 0 saturated carbocycles. The average Bonchev–Trinajstić information content (AvgIpc) is 2.13.